The molecule has 0 aromatic heterocycles. The third-order valence-corrected chi connectivity index (χ3v) is 6.58. The van der Waals surface area contributed by atoms with Crippen LogP contribution in [0.25, 0.3) is 0 Å². The molecule has 92 valence electrons. The molecule has 0 heteroatoms. The highest BCUT2D eigenvalue weighted by molar-refractivity contribution is 5.36. The first-order valence-electron chi connectivity index (χ1n) is 7.34. The van der Waals surface area contributed by atoms with Gasteiger partial charge in [-0.15, -0.1) is 0 Å². The quantitative estimate of drug-likeness (QED) is 0.538. The average molecular weight is 228 g/mol. The summed E-state index contributed by atoms with van der Waals surface area (Å²) in [5, 5.41) is 0. The van der Waals surface area contributed by atoms with Gasteiger partial charge in [0.25, 0.3) is 0 Å². The minimum Gasteiger partial charge on any atom is -0.0995 e. The lowest BCUT2D eigenvalue weighted by Gasteiger charge is -2.35. The Morgan fingerprint density at radius 2 is 2.12 bits per heavy atom. The van der Waals surface area contributed by atoms with Crippen molar-refractivity contribution >= 4 is 0 Å². The van der Waals surface area contributed by atoms with E-state index in [0.29, 0.717) is 10.8 Å². The van der Waals surface area contributed by atoms with Crippen LogP contribution in [0.3, 0.4) is 0 Å². The average Bonchev–Trinajstić information content (AvgIpc) is 2.76. The number of hydrogen-bond donors (Lipinski definition) is 0. The van der Waals surface area contributed by atoms with E-state index < -0.39 is 0 Å². The van der Waals surface area contributed by atoms with E-state index in [1.807, 2.05) is 0 Å². The van der Waals surface area contributed by atoms with Gasteiger partial charge in [0.2, 0.25) is 0 Å². The molecule has 6 atom stereocenters. The first-order valence-corrected chi connectivity index (χ1v) is 7.34. The number of hydrogen-bond acceptors (Lipinski definition) is 0. The van der Waals surface area contributed by atoms with Gasteiger partial charge in [0.1, 0.15) is 0 Å². The van der Waals surface area contributed by atoms with E-state index in [2.05, 4.69) is 39.5 Å². The second-order valence-corrected chi connectivity index (χ2v) is 7.92. The molecule has 0 radical (unpaired) electrons. The van der Waals surface area contributed by atoms with E-state index in [0.717, 1.165) is 29.6 Å². The summed E-state index contributed by atoms with van der Waals surface area (Å²) >= 11 is 0. The molecule has 5 aliphatic rings. The Morgan fingerprint density at radius 1 is 1.35 bits per heavy atom. The maximum absolute atomic E-state index is 4.45. The smallest absolute Gasteiger partial charge is 0.00137 e. The summed E-state index contributed by atoms with van der Waals surface area (Å²) in [5.41, 5.74) is 2.68. The van der Waals surface area contributed by atoms with Crippen molar-refractivity contribution in [2.75, 3.05) is 0 Å². The summed E-state index contributed by atoms with van der Waals surface area (Å²) in [4.78, 5) is 0. The van der Waals surface area contributed by atoms with Crippen LogP contribution in [0.2, 0.25) is 0 Å². The van der Waals surface area contributed by atoms with Crippen molar-refractivity contribution in [3.05, 3.63) is 24.3 Å². The fraction of sp³-hybridized carbons (Fsp3) is 0.765. The van der Waals surface area contributed by atoms with E-state index >= 15 is 0 Å². The molecule has 0 aromatic rings. The van der Waals surface area contributed by atoms with Crippen molar-refractivity contribution in [3.63, 3.8) is 0 Å². The lowest BCUT2D eigenvalue weighted by atomic mass is 9.69. The largest absolute Gasteiger partial charge is 0.0995 e. The second kappa shape index (κ2) is 2.73. The van der Waals surface area contributed by atoms with E-state index in [1.54, 1.807) is 5.57 Å². The maximum atomic E-state index is 4.45. The molecule has 0 aliphatic heterocycles. The van der Waals surface area contributed by atoms with Crippen molar-refractivity contribution in [3.8, 4) is 0 Å². The third kappa shape index (κ3) is 1.02. The Bertz CT molecular complexity index is 427. The van der Waals surface area contributed by atoms with Gasteiger partial charge >= 0.3 is 0 Å². The van der Waals surface area contributed by atoms with Crippen LogP contribution in [0.4, 0.5) is 0 Å². The van der Waals surface area contributed by atoms with Crippen molar-refractivity contribution in [1.29, 1.82) is 0 Å². The van der Waals surface area contributed by atoms with Gasteiger partial charge in [-0.3, -0.25) is 0 Å². The molecule has 3 saturated carbocycles. The van der Waals surface area contributed by atoms with Gasteiger partial charge in [0.15, 0.2) is 0 Å². The molecule has 5 aliphatic carbocycles. The predicted octanol–water partition coefficient (Wildman–Crippen LogP) is 4.44. The molecular weight excluding hydrogens is 204 g/mol. The highest BCUT2D eigenvalue weighted by Gasteiger charge is 2.73. The van der Waals surface area contributed by atoms with E-state index in [4.69, 9.17) is 0 Å². The Balaban J connectivity index is 1.88. The molecule has 17 heavy (non-hydrogen) atoms. The van der Waals surface area contributed by atoms with Crippen LogP contribution < -0.4 is 0 Å². The molecule has 1 spiro atoms. The Labute approximate surface area is 105 Å². The van der Waals surface area contributed by atoms with E-state index in [-0.39, 0.29) is 0 Å². The first-order chi connectivity index (χ1) is 7.97. The molecule has 5 rings (SSSR count). The van der Waals surface area contributed by atoms with Gasteiger partial charge in [-0.25, -0.2) is 0 Å². The van der Waals surface area contributed by atoms with Crippen LogP contribution in [0.5, 0.6) is 0 Å². The fourth-order valence-electron chi connectivity index (χ4n) is 6.20. The van der Waals surface area contributed by atoms with Crippen LogP contribution in [0.15, 0.2) is 24.3 Å². The lowest BCUT2D eigenvalue weighted by molar-refractivity contribution is 0.225. The highest BCUT2D eigenvalue weighted by Crippen LogP contribution is 2.78. The molecule has 0 aromatic carbocycles. The van der Waals surface area contributed by atoms with Crippen molar-refractivity contribution in [2.45, 2.75) is 40.0 Å². The SMILES string of the molecule is C=C1CC2C=CC3(CC(C)CC13)C1C2C1(C)C. The summed E-state index contributed by atoms with van der Waals surface area (Å²) in [7, 11) is 0. The molecule has 0 saturated heterocycles. The van der Waals surface area contributed by atoms with Crippen LogP contribution in [0.1, 0.15) is 40.0 Å². The molecule has 6 unspecified atom stereocenters. The van der Waals surface area contributed by atoms with Crippen LogP contribution in [0, 0.1) is 40.4 Å². The third-order valence-electron chi connectivity index (χ3n) is 6.58. The molecule has 0 amide bonds. The Kier molecular flexibility index (Phi) is 1.67. The van der Waals surface area contributed by atoms with E-state index in [9.17, 15) is 0 Å². The summed E-state index contributed by atoms with van der Waals surface area (Å²) in [6, 6.07) is 0. The molecule has 0 nitrogen and oxygen atoms in total. The highest BCUT2D eigenvalue weighted by atomic mass is 14.8. The second-order valence-electron chi connectivity index (χ2n) is 7.92. The van der Waals surface area contributed by atoms with Crippen LogP contribution >= 0.6 is 0 Å². The lowest BCUT2D eigenvalue weighted by Crippen LogP contribution is -2.28. The van der Waals surface area contributed by atoms with Crippen molar-refractivity contribution in [2.24, 2.45) is 40.4 Å². The zero-order valence-electron chi connectivity index (χ0n) is 11.4. The zero-order valence-corrected chi connectivity index (χ0v) is 11.4. The topological polar surface area (TPSA) is 0 Å². The Hall–Kier alpha value is -0.520. The van der Waals surface area contributed by atoms with Gasteiger partial charge < -0.3 is 0 Å². The number of allylic oxidation sites excluding steroid dienone is 3. The van der Waals surface area contributed by atoms with Gasteiger partial charge in [0.05, 0.1) is 0 Å². The van der Waals surface area contributed by atoms with Crippen molar-refractivity contribution < 1.29 is 0 Å². The summed E-state index contributed by atoms with van der Waals surface area (Å²) < 4.78 is 0. The normalized spacial score (nSPS) is 57.6. The Morgan fingerprint density at radius 3 is 2.88 bits per heavy atom. The molecule has 2 bridgehead atoms. The minimum atomic E-state index is 0.512. The summed E-state index contributed by atoms with van der Waals surface area (Å²) in [6.07, 6.45) is 9.30. The number of rotatable bonds is 0. The monoisotopic (exact) mass is 228 g/mol. The van der Waals surface area contributed by atoms with Crippen LogP contribution in [-0.4, -0.2) is 0 Å². The number of fused-ring (bicyclic) bond motifs is 1. The minimum absolute atomic E-state index is 0.512. The first kappa shape index (κ1) is 10.4. The summed E-state index contributed by atoms with van der Waals surface area (Å²) in [6.45, 7) is 11.9. The van der Waals surface area contributed by atoms with E-state index in [1.165, 1.54) is 19.3 Å². The van der Waals surface area contributed by atoms with Crippen molar-refractivity contribution in [1.82, 2.24) is 0 Å². The molecule has 0 N–H and O–H groups in total. The standard InChI is InChI=1S/C17H24/c1-10-7-13-11(2)8-12-5-6-17(13,9-10)15-14(12)16(15,3)4/h5-6,10,12-15H,2,7-9H2,1,3-4H3. The maximum Gasteiger partial charge on any atom is -0.00137 e. The van der Waals surface area contributed by atoms with Crippen LogP contribution in [-0.2, 0) is 0 Å². The molecule has 3 fully saturated rings. The van der Waals surface area contributed by atoms with Gasteiger partial charge in [-0.1, -0.05) is 45.1 Å². The van der Waals surface area contributed by atoms with Gasteiger partial charge in [-0.05, 0) is 59.7 Å². The molecular formula is C17H24. The van der Waals surface area contributed by atoms with Gasteiger partial charge in [0, 0.05) is 0 Å². The predicted molar refractivity (Wildman–Crippen MR) is 71.5 cm³/mol. The molecule has 0 heterocycles. The fourth-order valence-corrected chi connectivity index (χ4v) is 6.20. The van der Waals surface area contributed by atoms with Gasteiger partial charge in [-0.2, -0.15) is 0 Å². The summed E-state index contributed by atoms with van der Waals surface area (Å²) in [5.74, 6) is 4.43. The zero-order chi connectivity index (χ0) is 12.0.